The summed E-state index contributed by atoms with van der Waals surface area (Å²) in [4.78, 5) is 25.1. The van der Waals surface area contributed by atoms with Gasteiger partial charge in [-0.3, -0.25) is 4.79 Å². The van der Waals surface area contributed by atoms with Gasteiger partial charge in [0.25, 0.3) is 0 Å². The maximum Gasteiger partial charge on any atom is 0.407 e. The highest BCUT2D eigenvalue weighted by Crippen LogP contribution is 2.67. The quantitative estimate of drug-likeness (QED) is 0.0970. The Morgan fingerprint density at radius 1 is 0.857 bits per heavy atom. The van der Waals surface area contributed by atoms with E-state index < -0.39 is 0 Å². The van der Waals surface area contributed by atoms with Crippen LogP contribution in [0.5, 0.6) is 0 Å². The molecule has 49 heavy (non-hydrogen) atoms. The predicted molar refractivity (Wildman–Crippen MR) is 207 cm³/mol. The summed E-state index contributed by atoms with van der Waals surface area (Å²) in [7, 11) is 0. The molecule has 0 aromatic carbocycles. The van der Waals surface area contributed by atoms with Gasteiger partial charge in [0.05, 0.1) is 0 Å². The van der Waals surface area contributed by atoms with Gasteiger partial charge in [0.2, 0.25) is 0 Å². The van der Waals surface area contributed by atoms with Crippen LogP contribution in [0.3, 0.4) is 0 Å². The van der Waals surface area contributed by atoms with E-state index in [1.165, 1.54) is 96.3 Å². The molecule has 0 heterocycles. The number of hydrogen-bond donors (Lipinski definition) is 1. The first kappa shape index (κ1) is 40.2. The van der Waals surface area contributed by atoms with Crippen molar-refractivity contribution in [2.75, 3.05) is 6.54 Å². The van der Waals surface area contributed by atoms with Crippen LogP contribution < -0.4 is 5.32 Å². The van der Waals surface area contributed by atoms with Crippen LogP contribution in [0.15, 0.2) is 23.8 Å². The van der Waals surface area contributed by atoms with E-state index in [1.54, 1.807) is 5.57 Å². The van der Waals surface area contributed by atoms with Crippen molar-refractivity contribution in [3.63, 3.8) is 0 Å². The number of allylic oxidation sites excluding steroid dienone is 3. The highest BCUT2D eigenvalue weighted by atomic mass is 16.6. The Bertz CT molecular complexity index is 1080. The van der Waals surface area contributed by atoms with Crippen molar-refractivity contribution in [3.05, 3.63) is 23.8 Å². The molecule has 4 aliphatic carbocycles. The fraction of sp³-hybridized carbons (Fsp3) is 0.867. The van der Waals surface area contributed by atoms with Crippen LogP contribution in [0.25, 0.3) is 0 Å². The van der Waals surface area contributed by atoms with Crippen molar-refractivity contribution in [1.82, 2.24) is 5.32 Å². The number of nitrogens with one attached hydrogen (secondary N) is 1. The molecule has 4 aliphatic rings. The maximum absolute atomic E-state index is 12.7. The van der Waals surface area contributed by atoms with Crippen LogP contribution in [-0.2, 0) is 9.53 Å². The first-order valence-electron chi connectivity index (χ1n) is 21.4. The van der Waals surface area contributed by atoms with Gasteiger partial charge in [-0.05, 0) is 123 Å². The van der Waals surface area contributed by atoms with E-state index in [0.29, 0.717) is 37.0 Å². The zero-order valence-electron chi connectivity index (χ0n) is 33.0. The Hall–Kier alpha value is -1.58. The van der Waals surface area contributed by atoms with Crippen molar-refractivity contribution in [2.24, 2.45) is 46.3 Å². The molecule has 0 saturated heterocycles. The van der Waals surface area contributed by atoms with Crippen molar-refractivity contribution >= 4 is 11.9 Å². The topological polar surface area (TPSA) is 55.4 Å². The Morgan fingerprint density at radius 2 is 1.59 bits per heavy atom. The molecule has 0 aromatic heterocycles. The summed E-state index contributed by atoms with van der Waals surface area (Å²) < 4.78 is 5.97. The molecule has 3 fully saturated rings. The first-order chi connectivity index (χ1) is 23.6. The van der Waals surface area contributed by atoms with Crippen molar-refractivity contribution in [1.29, 1.82) is 0 Å². The lowest BCUT2D eigenvalue weighted by atomic mass is 9.47. The van der Waals surface area contributed by atoms with Gasteiger partial charge in [-0.1, -0.05) is 117 Å². The van der Waals surface area contributed by atoms with Gasteiger partial charge in [-0.2, -0.15) is 0 Å². The Morgan fingerprint density at radius 3 is 2.37 bits per heavy atom. The Balaban J connectivity index is 1.11. The molecular weight excluding hydrogens is 602 g/mol. The molecule has 0 aromatic rings. The number of fused-ring (bicyclic) bond motifs is 5. The largest absolute Gasteiger partial charge is 0.446 e. The summed E-state index contributed by atoms with van der Waals surface area (Å²) in [5.74, 6) is 5.40. The summed E-state index contributed by atoms with van der Waals surface area (Å²) in [6.45, 7) is 15.3. The zero-order chi connectivity index (χ0) is 35.3. The lowest BCUT2D eigenvalue weighted by molar-refractivity contribution is -0.119. The van der Waals surface area contributed by atoms with Crippen LogP contribution in [0, 0.1) is 46.3 Å². The highest BCUT2D eigenvalue weighted by molar-refractivity contribution is 5.78. The first-order valence-corrected chi connectivity index (χ1v) is 21.4. The lowest BCUT2D eigenvalue weighted by Crippen LogP contribution is -2.51. The fourth-order valence-electron chi connectivity index (χ4n) is 11.2. The number of hydrogen-bond acceptors (Lipinski definition) is 3. The molecule has 0 radical (unpaired) electrons. The van der Waals surface area contributed by atoms with Crippen molar-refractivity contribution in [3.8, 4) is 0 Å². The second-order valence-corrected chi connectivity index (χ2v) is 18.0. The number of carbonyl (C=O) groups is 2. The van der Waals surface area contributed by atoms with Gasteiger partial charge < -0.3 is 10.1 Å². The zero-order valence-corrected chi connectivity index (χ0v) is 33.0. The monoisotopic (exact) mass is 680 g/mol. The van der Waals surface area contributed by atoms with Gasteiger partial charge in [-0.15, -0.1) is 0 Å². The predicted octanol–water partition coefficient (Wildman–Crippen LogP) is 12.9. The summed E-state index contributed by atoms with van der Waals surface area (Å²) in [5.41, 5.74) is 2.37. The average Bonchev–Trinajstić information content (AvgIpc) is 3.43. The van der Waals surface area contributed by atoms with Crippen molar-refractivity contribution < 1.29 is 14.3 Å². The Labute approximate surface area is 302 Å². The van der Waals surface area contributed by atoms with E-state index in [1.807, 2.05) is 0 Å². The smallest absolute Gasteiger partial charge is 0.407 e. The van der Waals surface area contributed by atoms with Crippen LogP contribution in [0.4, 0.5) is 4.79 Å². The van der Waals surface area contributed by atoms with E-state index in [-0.39, 0.29) is 17.6 Å². The number of Topliss-reactive ketones (excluding diaryl/α,β-unsaturated/α-hetero) is 1. The summed E-state index contributed by atoms with van der Waals surface area (Å²) >= 11 is 0. The number of rotatable bonds is 21. The molecule has 1 N–H and O–H groups in total. The molecule has 3 saturated carbocycles. The molecule has 8 atom stereocenters. The molecule has 4 nitrogen and oxygen atoms in total. The molecule has 4 heteroatoms. The molecule has 0 aliphatic heterocycles. The van der Waals surface area contributed by atoms with E-state index in [4.69, 9.17) is 4.74 Å². The molecule has 280 valence electrons. The Kier molecular flexibility index (Phi) is 16.3. The lowest BCUT2D eigenvalue weighted by Gasteiger charge is -2.58. The van der Waals surface area contributed by atoms with Gasteiger partial charge in [0, 0.05) is 25.8 Å². The second-order valence-electron chi connectivity index (χ2n) is 18.0. The minimum atomic E-state index is -0.302. The average molecular weight is 680 g/mol. The number of amides is 1. The normalized spacial score (nSPS) is 31.6. The minimum absolute atomic E-state index is 0.0218. The SMILES string of the molecule is CCC/C=C\CCCCCCCCC(=O)CCCNC(=O)O[C@H]1CC[C@@]2(C)C(=CCC3C2CC[C@@]2(C)C3CC[C@@H]2[C@H](C)CCCC(C)C)C1. The molecule has 0 bridgehead atoms. The van der Waals surface area contributed by atoms with Crippen molar-refractivity contribution in [2.45, 2.75) is 195 Å². The number of ether oxygens (including phenoxy) is 1. The van der Waals surface area contributed by atoms with E-state index in [0.717, 1.165) is 67.6 Å². The molecular formula is C45H77NO3. The third-order valence-corrected chi connectivity index (χ3v) is 14.1. The van der Waals surface area contributed by atoms with Gasteiger partial charge in [-0.25, -0.2) is 4.79 Å². The second kappa shape index (κ2) is 19.9. The highest BCUT2D eigenvalue weighted by Gasteiger charge is 2.59. The van der Waals surface area contributed by atoms with Crippen LogP contribution in [-0.4, -0.2) is 24.5 Å². The fourth-order valence-corrected chi connectivity index (χ4v) is 11.2. The maximum atomic E-state index is 12.7. The summed E-state index contributed by atoms with van der Waals surface area (Å²) in [6.07, 6.45) is 33.8. The molecule has 0 spiro atoms. The summed E-state index contributed by atoms with van der Waals surface area (Å²) in [6, 6.07) is 0. The van der Waals surface area contributed by atoms with E-state index in [2.05, 4.69) is 65.1 Å². The number of carbonyl (C=O) groups excluding carboxylic acids is 2. The minimum Gasteiger partial charge on any atom is -0.446 e. The van der Waals surface area contributed by atoms with Crippen LogP contribution in [0.2, 0.25) is 0 Å². The number of ketones is 1. The van der Waals surface area contributed by atoms with Gasteiger partial charge in [0.1, 0.15) is 11.9 Å². The molecule has 1 amide bonds. The molecule has 3 unspecified atom stereocenters. The van der Waals surface area contributed by atoms with E-state index in [9.17, 15) is 9.59 Å². The third kappa shape index (κ3) is 11.2. The summed E-state index contributed by atoms with van der Waals surface area (Å²) in [5, 5.41) is 2.95. The third-order valence-electron chi connectivity index (χ3n) is 14.1. The van der Waals surface area contributed by atoms with Gasteiger partial charge in [0.15, 0.2) is 0 Å². The van der Waals surface area contributed by atoms with Gasteiger partial charge >= 0.3 is 6.09 Å². The molecule has 4 rings (SSSR count). The van der Waals surface area contributed by atoms with Crippen LogP contribution in [0.1, 0.15) is 189 Å². The standard InChI is InChI=1S/C45H77NO3/c1-7-8-9-10-11-12-13-14-15-16-17-22-37(47)23-19-32-46-43(48)49-38-28-30-44(5)36(33-38)24-25-39-41-27-26-40(35(4)21-18-20-34(2)3)45(41,6)31-29-42(39)44/h9-10,24,34-35,38-42H,7-8,11-23,25-33H2,1-6H3,(H,46,48)/b10-9-/t35-,38+,39?,40-,41?,42?,44+,45-/m1/s1. The van der Waals surface area contributed by atoms with E-state index >= 15 is 0 Å². The van der Waals surface area contributed by atoms with Crippen LogP contribution >= 0.6 is 0 Å². The number of alkyl carbamates (subject to hydrolysis) is 1. The number of unbranched alkanes of at least 4 members (excludes halogenated alkanes) is 7.